The second kappa shape index (κ2) is 10.3. The number of anilines is 2. The van der Waals surface area contributed by atoms with Crippen molar-refractivity contribution in [1.29, 1.82) is 0 Å². The molecule has 1 aromatic heterocycles. The number of nitrogens with one attached hydrogen (secondary N) is 2. The molecule has 0 radical (unpaired) electrons. The Morgan fingerprint density at radius 3 is 2.60 bits per heavy atom. The van der Waals surface area contributed by atoms with E-state index >= 15 is 0 Å². The van der Waals surface area contributed by atoms with Gasteiger partial charge in [0, 0.05) is 36.2 Å². The second-order valence-electron chi connectivity index (χ2n) is 9.43. The van der Waals surface area contributed by atoms with E-state index < -0.39 is 14.6 Å². The van der Waals surface area contributed by atoms with Crippen molar-refractivity contribution in [2.24, 2.45) is 0 Å². The lowest BCUT2D eigenvalue weighted by Crippen LogP contribution is -2.45. The highest BCUT2D eigenvalue weighted by molar-refractivity contribution is 7.91. The summed E-state index contributed by atoms with van der Waals surface area (Å²) < 4.78 is 30.3. The third kappa shape index (κ3) is 5.42. The first-order valence-electron chi connectivity index (χ1n) is 11.9. The molecule has 0 unspecified atom stereocenters. The molecule has 2 heterocycles. The maximum atomic E-state index is 12.8. The van der Waals surface area contributed by atoms with Gasteiger partial charge in [-0.05, 0) is 69.6 Å². The molecule has 1 aliphatic carbocycles. The Labute approximate surface area is 212 Å². The highest BCUT2D eigenvalue weighted by Gasteiger charge is 2.49. The first-order valence-corrected chi connectivity index (χ1v) is 14.2. The number of rotatable bonds is 7. The lowest BCUT2D eigenvalue weighted by molar-refractivity contribution is 0.0985. The number of aromatic nitrogens is 2. The minimum atomic E-state index is -3.36. The summed E-state index contributed by atoms with van der Waals surface area (Å²) in [5.41, 5.74) is 2.13. The number of hydrogen-bond donors (Lipinski definition) is 3. The number of aliphatic hydroxyl groups excluding tert-OH is 1. The van der Waals surface area contributed by atoms with Crippen molar-refractivity contribution in [3.8, 4) is 11.4 Å². The van der Waals surface area contributed by atoms with Crippen molar-refractivity contribution in [2.75, 3.05) is 42.8 Å². The first kappa shape index (κ1) is 25.7. The average molecular weight is 520 g/mol. The summed E-state index contributed by atoms with van der Waals surface area (Å²) in [6.45, 7) is 5.76. The minimum absolute atomic E-state index is 0.0203. The number of aliphatic hydroxyl groups is 1. The lowest BCUT2D eigenvalue weighted by atomic mass is 9.81. The summed E-state index contributed by atoms with van der Waals surface area (Å²) in [7, 11) is -3.36. The highest BCUT2D eigenvalue weighted by atomic mass is 32.2. The number of benzene rings is 1. The van der Waals surface area contributed by atoms with Crippen LogP contribution in [-0.4, -0.2) is 73.3 Å². The molecule has 11 heteroatoms. The van der Waals surface area contributed by atoms with E-state index in [0.717, 1.165) is 23.5 Å². The maximum absolute atomic E-state index is 12.8. The molecule has 2 fully saturated rings. The van der Waals surface area contributed by atoms with Crippen molar-refractivity contribution in [1.82, 2.24) is 15.3 Å². The van der Waals surface area contributed by atoms with Crippen molar-refractivity contribution < 1.29 is 18.3 Å². The van der Waals surface area contributed by atoms with Crippen LogP contribution in [0.4, 0.5) is 11.5 Å². The number of morpholine rings is 1. The molecule has 1 aromatic carbocycles. The van der Waals surface area contributed by atoms with Gasteiger partial charge in [0.1, 0.15) is 10.6 Å². The maximum Gasteiger partial charge on any atom is 0.171 e. The summed E-state index contributed by atoms with van der Waals surface area (Å²) >= 11 is 5.29. The molecule has 2 atom stereocenters. The third-order valence-corrected chi connectivity index (χ3v) is 9.02. The van der Waals surface area contributed by atoms with Gasteiger partial charge in [-0.15, -0.1) is 0 Å². The molecule has 0 spiro atoms. The predicted molar refractivity (Wildman–Crippen MR) is 141 cm³/mol. The van der Waals surface area contributed by atoms with Crippen LogP contribution in [0.5, 0.6) is 0 Å². The van der Waals surface area contributed by atoms with Crippen molar-refractivity contribution >= 4 is 38.7 Å². The molecule has 3 N–H and O–H groups in total. The zero-order valence-corrected chi connectivity index (χ0v) is 22.0. The van der Waals surface area contributed by atoms with Gasteiger partial charge in [-0.1, -0.05) is 0 Å². The monoisotopic (exact) mass is 519 g/mol. The standard InChI is InChI=1S/C24H33N5O4S2/c1-16(14-30)25-23(34)26-19-7-5-18(6-8-19)22-27-20(24(9-4-10-24)35(3,31)32)13-21(28-22)29-11-12-33-15-17(29)2/h5-8,13,16-17,30H,4,9-12,14-15H2,1-3H3,(H2,25,26,34)/t16-,17-/m0/s1. The van der Waals surface area contributed by atoms with E-state index in [1.54, 1.807) is 0 Å². The molecule has 1 saturated carbocycles. The Morgan fingerprint density at radius 1 is 1.31 bits per heavy atom. The van der Waals surface area contributed by atoms with Crippen molar-refractivity contribution in [2.45, 2.75) is 49.9 Å². The summed E-state index contributed by atoms with van der Waals surface area (Å²) in [6.07, 6.45) is 3.30. The van der Waals surface area contributed by atoms with Crippen LogP contribution in [-0.2, 0) is 19.3 Å². The van der Waals surface area contributed by atoms with Crippen LogP contribution in [0.3, 0.4) is 0 Å². The molecule has 1 aliphatic heterocycles. The molecule has 0 amide bonds. The summed E-state index contributed by atoms with van der Waals surface area (Å²) in [5, 5.41) is 15.7. The van der Waals surface area contributed by atoms with E-state index in [1.807, 2.05) is 37.3 Å². The van der Waals surface area contributed by atoms with Gasteiger partial charge in [0.2, 0.25) is 0 Å². The van der Waals surface area contributed by atoms with Crippen LogP contribution in [0.2, 0.25) is 0 Å². The molecule has 2 aliphatic rings. The van der Waals surface area contributed by atoms with Crippen LogP contribution in [0, 0.1) is 0 Å². The van der Waals surface area contributed by atoms with Gasteiger partial charge in [-0.3, -0.25) is 0 Å². The number of nitrogens with zero attached hydrogens (tertiary/aromatic N) is 3. The molecule has 0 bridgehead atoms. The quantitative estimate of drug-likeness (QED) is 0.471. The Hall–Kier alpha value is -2.34. The number of thiocarbonyl (C=S) groups is 1. The normalized spacial score (nSPS) is 20.6. The Kier molecular flexibility index (Phi) is 7.60. The van der Waals surface area contributed by atoms with Crippen LogP contribution in [0.15, 0.2) is 30.3 Å². The van der Waals surface area contributed by atoms with E-state index in [4.69, 9.17) is 26.9 Å². The fourth-order valence-electron chi connectivity index (χ4n) is 4.47. The van der Waals surface area contributed by atoms with Gasteiger partial charge >= 0.3 is 0 Å². The highest BCUT2D eigenvalue weighted by Crippen LogP contribution is 2.48. The second-order valence-corrected chi connectivity index (χ2v) is 12.2. The Bertz CT molecular complexity index is 1170. The van der Waals surface area contributed by atoms with Crippen LogP contribution >= 0.6 is 12.2 Å². The predicted octanol–water partition coefficient (Wildman–Crippen LogP) is 2.46. The number of sulfone groups is 1. The van der Waals surface area contributed by atoms with E-state index in [9.17, 15) is 13.5 Å². The van der Waals surface area contributed by atoms with Gasteiger partial charge in [0.25, 0.3) is 0 Å². The number of ether oxygens (including phenoxy) is 1. The lowest BCUT2D eigenvalue weighted by Gasteiger charge is -2.40. The van der Waals surface area contributed by atoms with Gasteiger partial charge in [-0.2, -0.15) is 0 Å². The summed E-state index contributed by atoms with van der Waals surface area (Å²) in [5.74, 6) is 1.22. The third-order valence-electron chi connectivity index (χ3n) is 6.76. The average Bonchev–Trinajstić information content (AvgIpc) is 2.77. The van der Waals surface area contributed by atoms with E-state index in [0.29, 0.717) is 49.2 Å². The fourth-order valence-corrected chi connectivity index (χ4v) is 6.30. The van der Waals surface area contributed by atoms with Crippen molar-refractivity contribution in [3.05, 3.63) is 36.0 Å². The minimum Gasteiger partial charge on any atom is -0.394 e. The van der Waals surface area contributed by atoms with E-state index in [-0.39, 0.29) is 18.7 Å². The molecule has 2 aromatic rings. The smallest absolute Gasteiger partial charge is 0.171 e. The zero-order chi connectivity index (χ0) is 25.2. The molecule has 1 saturated heterocycles. The Morgan fingerprint density at radius 2 is 2.03 bits per heavy atom. The van der Waals surface area contributed by atoms with E-state index in [2.05, 4.69) is 22.5 Å². The molecular formula is C24H33N5O4S2. The van der Waals surface area contributed by atoms with Gasteiger partial charge in [0.15, 0.2) is 20.8 Å². The molecule has 35 heavy (non-hydrogen) atoms. The van der Waals surface area contributed by atoms with E-state index in [1.165, 1.54) is 6.26 Å². The van der Waals surface area contributed by atoms with Crippen LogP contribution in [0.1, 0.15) is 38.8 Å². The Balaban J connectivity index is 1.69. The van der Waals surface area contributed by atoms with Gasteiger partial charge < -0.3 is 25.4 Å². The van der Waals surface area contributed by atoms with Gasteiger partial charge in [-0.25, -0.2) is 18.4 Å². The molecule has 9 nitrogen and oxygen atoms in total. The first-order chi connectivity index (χ1) is 16.6. The fraction of sp³-hybridized carbons (Fsp3) is 0.542. The molecule has 190 valence electrons. The summed E-state index contributed by atoms with van der Waals surface area (Å²) in [4.78, 5) is 11.8. The van der Waals surface area contributed by atoms with Crippen molar-refractivity contribution in [3.63, 3.8) is 0 Å². The SMILES string of the molecule is C[C@@H](CO)NC(=S)Nc1ccc(-c2nc(N3CCOC[C@@H]3C)cc(C3(S(C)(=O)=O)CCC3)n2)cc1. The molecule has 4 rings (SSSR count). The molecular weight excluding hydrogens is 486 g/mol. The summed E-state index contributed by atoms with van der Waals surface area (Å²) in [6, 6.07) is 9.34. The topological polar surface area (TPSA) is 117 Å². The number of hydrogen-bond acceptors (Lipinski definition) is 8. The van der Waals surface area contributed by atoms with Gasteiger partial charge in [0.05, 0.1) is 31.6 Å². The zero-order valence-electron chi connectivity index (χ0n) is 20.3. The van der Waals surface area contributed by atoms with Crippen LogP contribution < -0.4 is 15.5 Å². The van der Waals surface area contributed by atoms with Crippen LogP contribution in [0.25, 0.3) is 11.4 Å². The largest absolute Gasteiger partial charge is 0.394 e.